The van der Waals surface area contributed by atoms with Gasteiger partial charge >= 0.3 is 11.9 Å². The summed E-state index contributed by atoms with van der Waals surface area (Å²) in [5, 5.41) is 2.54. The Morgan fingerprint density at radius 3 is 2.50 bits per heavy atom. The second kappa shape index (κ2) is 9.68. The van der Waals surface area contributed by atoms with Gasteiger partial charge in [-0.05, 0) is 25.0 Å². The van der Waals surface area contributed by atoms with E-state index in [4.69, 9.17) is 13.9 Å². The third kappa shape index (κ3) is 5.18. The second-order valence-electron chi connectivity index (χ2n) is 6.32. The Balaban J connectivity index is 1.99. The molecule has 150 valence electrons. The van der Waals surface area contributed by atoms with Crippen LogP contribution in [0.1, 0.15) is 36.5 Å². The molecule has 1 aromatic carbocycles. The molecule has 2 aromatic rings. The van der Waals surface area contributed by atoms with Gasteiger partial charge in [-0.15, -0.1) is 0 Å². The maximum Gasteiger partial charge on any atom is 0.361 e. The molecule has 0 fully saturated rings. The number of methoxy groups -OCH3 is 1. The molecule has 0 spiro atoms. The zero-order chi connectivity index (χ0) is 20.7. The normalized spacial score (nSPS) is 12.7. The van der Waals surface area contributed by atoms with Crippen LogP contribution in [0.4, 0.5) is 0 Å². The number of aryl methyl sites for hydroxylation is 1. The van der Waals surface area contributed by atoms with E-state index in [1.165, 1.54) is 7.11 Å². The van der Waals surface area contributed by atoms with Gasteiger partial charge in [-0.25, -0.2) is 14.6 Å². The van der Waals surface area contributed by atoms with Crippen LogP contribution in [-0.4, -0.2) is 42.6 Å². The summed E-state index contributed by atoms with van der Waals surface area (Å²) in [5.74, 6) is -1.48. The summed E-state index contributed by atoms with van der Waals surface area (Å²) in [6, 6.07) is 8.30. The highest BCUT2D eigenvalue weighted by Gasteiger charge is 2.27. The van der Waals surface area contributed by atoms with E-state index in [0.717, 1.165) is 5.56 Å². The van der Waals surface area contributed by atoms with Crippen molar-refractivity contribution < 1.29 is 28.3 Å². The minimum atomic E-state index is -0.806. The number of benzene rings is 1. The average molecular weight is 388 g/mol. The molecule has 28 heavy (non-hydrogen) atoms. The number of nitrogens with one attached hydrogen (secondary N) is 1. The molecule has 8 nitrogen and oxygen atoms in total. The molecule has 1 N–H and O–H groups in total. The van der Waals surface area contributed by atoms with E-state index in [2.05, 4.69) is 10.3 Å². The summed E-state index contributed by atoms with van der Waals surface area (Å²) in [4.78, 5) is 40.3. The molecule has 1 aromatic heterocycles. The fourth-order valence-electron chi connectivity index (χ4n) is 2.50. The summed E-state index contributed by atoms with van der Waals surface area (Å²) in [7, 11) is 1.25. The molecule has 1 amide bonds. The molecule has 2 atom stereocenters. The van der Waals surface area contributed by atoms with Crippen molar-refractivity contribution in [1.82, 2.24) is 10.3 Å². The number of aromatic nitrogens is 1. The third-order valence-corrected chi connectivity index (χ3v) is 4.33. The summed E-state index contributed by atoms with van der Waals surface area (Å²) < 4.78 is 15.2. The van der Waals surface area contributed by atoms with E-state index in [9.17, 15) is 14.4 Å². The minimum Gasteiger partial charge on any atom is -0.467 e. The molecule has 0 saturated carbocycles. The van der Waals surface area contributed by atoms with Gasteiger partial charge in [-0.1, -0.05) is 38.5 Å². The predicted molar refractivity (Wildman–Crippen MR) is 100 cm³/mol. The number of hydrogen-bond donors (Lipinski definition) is 1. The van der Waals surface area contributed by atoms with Crippen LogP contribution < -0.4 is 5.32 Å². The van der Waals surface area contributed by atoms with Crippen LogP contribution in [0.3, 0.4) is 0 Å². The van der Waals surface area contributed by atoms with Gasteiger partial charge in [0.05, 0.1) is 7.11 Å². The fourth-order valence-corrected chi connectivity index (χ4v) is 2.50. The number of nitrogens with zero attached hydrogens (tertiary/aromatic N) is 1. The quantitative estimate of drug-likeness (QED) is 0.692. The zero-order valence-corrected chi connectivity index (χ0v) is 16.4. The van der Waals surface area contributed by atoms with Gasteiger partial charge in [0.2, 0.25) is 5.89 Å². The number of hydrogen-bond acceptors (Lipinski definition) is 7. The minimum absolute atomic E-state index is 0.00176. The first-order valence-corrected chi connectivity index (χ1v) is 8.94. The number of oxazole rings is 1. The molecule has 2 rings (SSSR count). The smallest absolute Gasteiger partial charge is 0.361 e. The molecule has 1 heterocycles. The van der Waals surface area contributed by atoms with Crippen molar-refractivity contribution >= 4 is 17.8 Å². The van der Waals surface area contributed by atoms with Crippen LogP contribution in [-0.2, 0) is 19.1 Å². The first-order valence-electron chi connectivity index (χ1n) is 8.94. The van der Waals surface area contributed by atoms with Crippen molar-refractivity contribution in [2.75, 3.05) is 13.7 Å². The highest BCUT2D eigenvalue weighted by molar-refractivity contribution is 5.91. The summed E-state index contributed by atoms with van der Waals surface area (Å²) in [6.45, 7) is 4.75. The van der Waals surface area contributed by atoms with Crippen LogP contribution >= 0.6 is 0 Å². The number of rotatable bonds is 8. The van der Waals surface area contributed by atoms with Crippen LogP contribution in [0, 0.1) is 12.8 Å². The van der Waals surface area contributed by atoms with Gasteiger partial charge < -0.3 is 19.2 Å². The number of carbonyl (C=O) groups is 3. The number of ether oxygens (including phenoxy) is 2. The molecular formula is C20H24N2O6. The van der Waals surface area contributed by atoms with E-state index < -0.39 is 30.5 Å². The lowest BCUT2D eigenvalue weighted by atomic mass is 9.99. The molecule has 0 radical (unpaired) electrons. The Kier molecular flexibility index (Phi) is 7.31. The highest BCUT2D eigenvalue weighted by atomic mass is 16.5. The Morgan fingerprint density at radius 1 is 1.21 bits per heavy atom. The van der Waals surface area contributed by atoms with Crippen molar-refractivity contribution in [2.24, 2.45) is 5.92 Å². The standard InChI is InChI=1S/C20H24N2O6/c1-5-12(2)16(19(24)26-4)21-15(23)11-27-20(25)17-13(3)28-18(22-17)14-9-7-6-8-10-14/h6-10,12,16H,5,11H2,1-4H3,(H,21,23). The van der Waals surface area contributed by atoms with Crippen molar-refractivity contribution in [3.8, 4) is 11.5 Å². The molecular weight excluding hydrogens is 364 g/mol. The fraction of sp³-hybridized carbons (Fsp3) is 0.400. The van der Waals surface area contributed by atoms with Crippen molar-refractivity contribution in [3.05, 3.63) is 41.8 Å². The van der Waals surface area contributed by atoms with Crippen molar-refractivity contribution in [3.63, 3.8) is 0 Å². The van der Waals surface area contributed by atoms with Gasteiger partial charge in [-0.2, -0.15) is 0 Å². The lowest BCUT2D eigenvalue weighted by Crippen LogP contribution is -2.47. The first kappa shape index (κ1) is 21.1. The lowest BCUT2D eigenvalue weighted by Gasteiger charge is -2.21. The van der Waals surface area contributed by atoms with E-state index in [1.807, 2.05) is 32.0 Å². The van der Waals surface area contributed by atoms with Gasteiger partial charge in [0.25, 0.3) is 5.91 Å². The Morgan fingerprint density at radius 2 is 1.89 bits per heavy atom. The van der Waals surface area contributed by atoms with Gasteiger partial charge in [0.15, 0.2) is 12.3 Å². The lowest BCUT2D eigenvalue weighted by molar-refractivity contribution is -0.147. The second-order valence-corrected chi connectivity index (χ2v) is 6.32. The average Bonchev–Trinajstić information content (AvgIpc) is 3.11. The largest absolute Gasteiger partial charge is 0.467 e. The third-order valence-electron chi connectivity index (χ3n) is 4.33. The molecule has 0 aliphatic carbocycles. The van der Waals surface area contributed by atoms with Gasteiger partial charge in [0, 0.05) is 5.56 Å². The Hall–Kier alpha value is -3.16. The maximum atomic E-state index is 12.3. The van der Waals surface area contributed by atoms with Crippen LogP contribution in [0.5, 0.6) is 0 Å². The Labute approximate surface area is 163 Å². The SMILES string of the molecule is CCC(C)C(NC(=O)COC(=O)c1nc(-c2ccccc2)oc1C)C(=O)OC. The van der Waals surface area contributed by atoms with Gasteiger partial charge in [0.1, 0.15) is 11.8 Å². The summed E-state index contributed by atoms with van der Waals surface area (Å²) in [6.07, 6.45) is 0.667. The summed E-state index contributed by atoms with van der Waals surface area (Å²) >= 11 is 0. The zero-order valence-electron chi connectivity index (χ0n) is 16.4. The Bertz CT molecular complexity index is 830. The molecule has 2 unspecified atom stereocenters. The summed E-state index contributed by atoms with van der Waals surface area (Å²) in [5.41, 5.74) is 0.718. The topological polar surface area (TPSA) is 108 Å². The molecule has 0 bridgehead atoms. The molecule has 0 saturated heterocycles. The maximum absolute atomic E-state index is 12.3. The number of esters is 2. The van der Waals surface area contributed by atoms with Crippen molar-refractivity contribution in [2.45, 2.75) is 33.2 Å². The van der Waals surface area contributed by atoms with Crippen LogP contribution in [0.15, 0.2) is 34.7 Å². The predicted octanol–water partition coefficient (Wildman–Crippen LogP) is 2.51. The number of carbonyl (C=O) groups excluding carboxylic acids is 3. The monoisotopic (exact) mass is 388 g/mol. The van der Waals surface area contributed by atoms with Gasteiger partial charge in [-0.3, -0.25) is 4.79 Å². The molecule has 0 aliphatic rings. The molecule has 0 aliphatic heterocycles. The van der Waals surface area contributed by atoms with Crippen LogP contribution in [0.2, 0.25) is 0 Å². The number of amides is 1. The van der Waals surface area contributed by atoms with E-state index >= 15 is 0 Å². The van der Waals surface area contributed by atoms with Crippen LogP contribution in [0.25, 0.3) is 11.5 Å². The first-order chi connectivity index (χ1) is 13.4. The van der Waals surface area contributed by atoms with E-state index in [-0.39, 0.29) is 23.3 Å². The molecule has 8 heteroatoms. The van der Waals surface area contributed by atoms with E-state index in [0.29, 0.717) is 6.42 Å². The highest BCUT2D eigenvalue weighted by Crippen LogP contribution is 2.21. The van der Waals surface area contributed by atoms with Crippen molar-refractivity contribution in [1.29, 1.82) is 0 Å². The van der Waals surface area contributed by atoms with E-state index in [1.54, 1.807) is 19.1 Å².